The van der Waals surface area contributed by atoms with Crippen LogP contribution in [0.4, 0.5) is 5.82 Å². The molecule has 0 aliphatic carbocycles. The molecule has 0 aromatic carbocycles. The SMILES string of the molecule is Nc1cc[c]([SnH])cn1. The second kappa shape index (κ2) is 2.35. The summed E-state index contributed by atoms with van der Waals surface area (Å²) in [7, 11) is 0. The summed E-state index contributed by atoms with van der Waals surface area (Å²) in [5.74, 6) is 0.600. The van der Waals surface area contributed by atoms with Gasteiger partial charge in [-0.05, 0) is 0 Å². The van der Waals surface area contributed by atoms with Gasteiger partial charge in [-0.15, -0.1) is 0 Å². The molecule has 0 saturated heterocycles. The average molecular weight is 213 g/mol. The van der Waals surface area contributed by atoms with E-state index in [-0.39, 0.29) is 0 Å². The third-order valence-electron chi connectivity index (χ3n) is 0.809. The Morgan fingerprint density at radius 3 is 2.62 bits per heavy atom. The van der Waals surface area contributed by atoms with Crippen LogP contribution in [0.1, 0.15) is 0 Å². The number of rotatable bonds is 0. The van der Waals surface area contributed by atoms with E-state index < -0.39 is 0 Å². The maximum absolute atomic E-state index is 5.33. The van der Waals surface area contributed by atoms with Gasteiger partial charge in [0.2, 0.25) is 0 Å². The van der Waals surface area contributed by atoms with Crippen LogP contribution in [0.25, 0.3) is 0 Å². The summed E-state index contributed by atoms with van der Waals surface area (Å²) in [5, 5.41) is 0. The van der Waals surface area contributed by atoms with E-state index in [0.717, 1.165) is 22.5 Å². The van der Waals surface area contributed by atoms with Crippen LogP contribution in [-0.2, 0) is 0 Å². The molecule has 0 amide bonds. The summed E-state index contributed by atoms with van der Waals surface area (Å²) in [6.07, 6.45) is 1.80. The Balaban J connectivity index is 3.03. The van der Waals surface area contributed by atoms with Crippen molar-refractivity contribution >= 4 is 31.9 Å². The van der Waals surface area contributed by atoms with Gasteiger partial charge in [0.1, 0.15) is 0 Å². The minimum atomic E-state index is 0.600. The molecule has 0 saturated carbocycles. The Morgan fingerprint density at radius 2 is 2.25 bits per heavy atom. The van der Waals surface area contributed by atoms with E-state index in [1.807, 2.05) is 12.1 Å². The molecule has 8 heavy (non-hydrogen) atoms. The molecule has 0 spiro atoms. The summed E-state index contributed by atoms with van der Waals surface area (Å²) < 4.78 is 1.27. The van der Waals surface area contributed by atoms with Crippen molar-refractivity contribution in [1.29, 1.82) is 0 Å². The summed E-state index contributed by atoms with van der Waals surface area (Å²) in [5.41, 5.74) is 5.33. The number of aromatic nitrogens is 1. The van der Waals surface area contributed by atoms with Crippen LogP contribution in [0.3, 0.4) is 0 Å². The molecule has 3 heteroatoms. The van der Waals surface area contributed by atoms with Crippen LogP contribution in [0, 0.1) is 0 Å². The van der Waals surface area contributed by atoms with Gasteiger partial charge >= 0.3 is 61.0 Å². The first-order valence-corrected chi connectivity index (χ1v) is 3.91. The van der Waals surface area contributed by atoms with E-state index in [9.17, 15) is 0 Å². The molecule has 2 radical (unpaired) electrons. The first kappa shape index (κ1) is 5.88. The van der Waals surface area contributed by atoms with Crippen LogP contribution in [0.15, 0.2) is 18.3 Å². The number of hydrogen-bond donors (Lipinski definition) is 1. The van der Waals surface area contributed by atoms with E-state index in [0.29, 0.717) is 5.82 Å². The molecular formula is C5H6N2Sn. The van der Waals surface area contributed by atoms with Crippen LogP contribution in [0.5, 0.6) is 0 Å². The van der Waals surface area contributed by atoms with Gasteiger partial charge in [-0.3, -0.25) is 0 Å². The first-order valence-electron chi connectivity index (χ1n) is 2.26. The Bertz CT molecular complexity index is 149. The number of nitrogens with zero attached hydrogens (tertiary/aromatic N) is 1. The maximum atomic E-state index is 5.33. The monoisotopic (exact) mass is 214 g/mol. The summed E-state index contributed by atoms with van der Waals surface area (Å²) in [4.78, 5) is 3.89. The molecule has 0 fully saturated rings. The van der Waals surface area contributed by atoms with Crippen molar-refractivity contribution in [3.8, 4) is 0 Å². The van der Waals surface area contributed by atoms with Gasteiger partial charge in [-0.25, -0.2) is 0 Å². The van der Waals surface area contributed by atoms with Crippen LogP contribution < -0.4 is 9.31 Å². The zero-order chi connectivity index (χ0) is 5.98. The number of hydrogen-bond acceptors (Lipinski definition) is 2. The summed E-state index contributed by atoms with van der Waals surface area (Å²) >= 11 is 1.11. The van der Waals surface area contributed by atoms with Crippen molar-refractivity contribution in [1.82, 2.24) is 4.98 Å². The van der Waals surface area contributed by atoms with Gasteiger partial charge in [0.15, 0.2) is 0 Å². The Labute approximate surface area is 61.2 Å². The number of nitrogens with two attached hydrogens (primary N) is 1. The molecule has 0 unspecified atom stereocenters. The van der Waals surface area contributed by atoms with Crippen molar-refractivity contribution in [2.45, 2.75) is 0 Å². The van der Waals surface area contributed by atoms with E-state index in [1.54, 1.807) is 6.20 Å². The minimum absolute atomic E-state index is 0.600. The first-order chi connectivity index (χ1) is 3.79. The molecule has 1 aromatic heterocycles. The summed E-state index contributed by atoms with van der Waals surface area (Å²) in [6.45, 7) is 0. The van der Waals surface area contributed by atoms with Gasteiger partial charge in [-0.1, -0.05) is 0 Å². The standard InChI is InChI=1S/C5H5N2.Sn.H/c6-5-3-1-2-4-7-5;;/h1,3-4H,(H2,6,7);;. The van der Waals surface area contributed by atoms with Gasteiger partial charge in [0, 0.05) is 0 Å². The van der Waals surface area contributed by atoms with E-state index >= 15 is 0 Å². The molecular weight excluding hydrogens is 207 g/mol. The molecule has 1 aromatic rings. The average Bonchev–Trinajstić information content (AvgIpc) is 1.77. The quantitative estimate of drug-likeness (QED) is 0.572. The van der Waals surface area contributed by atoms with Crippen molar-refractivity contribution in [2.24, 2.45) is 0 Å². The topological polar surface area (TPSA) is 38.9 Å². The Kier molecular flexibility index (Phi) is 1.72. The molecule has 2 N–H and O–H groups in total. The van der Waals surface area contributed by atoms with Gasteiger partial charge < -0.3 is 0 Å². The van der Waals surface area contributed by atoms with E-state index in [1.165, 1.54) is 3.58 Å². The fourth-order valence-corrected chi connectivity index (χ4v) is 0.904. The predicted molar refractivity (Wildman–Crippen MR) is 35.4 cm³/mol. The van der Waals surface area contributed by atoms with Crippen molar-refractivity contribution in [3.05, 3.63) is 18.3 Å². The number of nitrogen functional groups attached to an aromatic ring is 1. The molecule has 1 rings (SSSR count). The zero-order valence-electron chi connectivity index (χ0n) is 4.33. The molecule has 0 atom stereocenters. The fourth-order valence-electron chi connectivity index (χ4n) is 0.417. The Hall–Kier alpha value is -0.251. The molecule has 2 nitrogen and oxygen atoms in total. The number of pyridine rings is 1. The van der Waals surface area contributed by atoms with E-state index in [2.05, 4.69) is 4.98 Å². The van der Waals surface area contributed by atoms with Crippen LogP contribution >= 0.6 is 0 Å². The number of anilines is 1. The fraction of sp³-hybridized carbons (Fsp3) is 0. The summed E-state index contributed by atoms with van der Waals surface area (Å²) in [6, 6.07) is 3.81. The van der Waals surface area contributed by atoms with E-state index in [4.69, 9.17) is 5.73 Å². The van der Waals surface area contributed by atoms with Crippen molar-refractivity contribution in [3.63, 3.8) is 0 Å². The van der Waals surface area contributed by atoms with Crippen LogP contribution in [0.2, 0.25) is 0 Å². The zero-order valence-corrected chi connectivity index (χ0v) is 7.63. The predicted octanol–water partition coefficient (Wildman–Crippen LogP) is -0.810. The third kappa shape index (κ3) is 1.36. The van der Waals surface area contributed by atoms with Crippen molar-refractivity contribution in [2.75, 3.05) is 5.73 Å². The van der Waals surface area contributed by atoms with Crippen molar-refractivity contribution < 1.29 is 0 Å². The van der Waals surface area contributed by atoms with Gasteiger partial charge in [-0.2, -0.15) is 0 Å². The second-order valence-corrected chi connectivity index (χ2v) is 3.42. The molecule has 0 aliphatic rings. The Morgan fingerprint density at radius 1 is 1.50 bits per heavy atom. The molecule has 0 bridgehead atoms. The van der Waals surface area contributed by atoms with Gasteiger partial charge in [0.05, 0.1) is 0 Å². The van der Waals surface area contributed by atoms with Crippen LogP contribution in [-0.4, -0.2) is 27.5 Å². The molecule has 0 aliphatic heterocycles. The van der Waals surface area contributed by atoms with Gasteiger partial charge in [0.25, 0.3) is 0 Å². The second-order valence-electron chi connectivity index (χ2n) is 1.52. The molecule has 40 valence electrons. The molecule has 1 heterocycles. The third-order valence-corrected chi connectivity index (χ3v) is 1.78. The normalized spacial score (nSPS) is 9.12.